The SMILES string of the molecule is CO[C@H]1/C=C/O[C@@]2(C)Oc3c(C)c(O)c4c(O)c(cc(O)c4c3C2=O)NC(=O)/C(C)=C\C=C\[C@@H](C)[C@H](O)[C@@H](C)[C@@H](O)[C@@H](C)[C@H](OC(C)=O)[C@@H]1C. The van der Waals surface area contributed by atoms with Crippen molar-refractivity contribution in [3.63, 3.8) is 0 Å². The molecule has 50 heavy (non-hydrogen) atoms. The number of benzene rings is 2. The van der Waals surface area contributed by atoms with Gasteiger partial charge in [-0.15, -0.1) is 0 Å². The fraction of sp³-hybridized carbons (Fsp3) is 0.486. The number of ketones is 1. The molecule has 0 fully saturated rings. The Kier molecular flexibility index (Phi) is 11.2. The second-order valence-corrected chi connectivity index (χ2v) is 13.4. The highest BCUT2D eigenvalue weighted by molar-refractivity contribution is 6.21. The lowest BCUT2D eigenvalue weighted by Crippen LogP contribution is -2.46. The number of hydrogen-bond donors (Lipinski definition) is 6. The van der Waals surface area contributed by atoms with E-state index < -0.39 is 88.8 Å². The van der Waals surface area contributed by atoms with Crippen LogP contribution in [-0.4, -0.2) is 80.5 Å². The van der Waals surface area contributed by atoms with Crippen LogP contribution in [0.15, 0.2) is 42.2 Å². The van der Waals surface area contributed by atoms with Crippen molar-refractivity contribution in [2.24, 2.45) is 23.7 Å². The molecule has 5 bridgehead atoms. The first kappa shape index (κ1) is 38.2. The number of rotatable bonds is 2. The highest BCUT2D eigenvalue weighted by Gasteiger charge is 2.49. The number of aromatic hydroxyl groups is 3. The van der Waals surface area contributed by atoms with E-state index in [1.54, 1.807) is 39.8 Å². The minimum absolute atomic E-state index is 0.0709. The summed E-state index contributed by atoms with van der Waals surface area (Å²) in [5, 5.41) is 58.2. The van der Waals surface area contributed by atoms with Crippen LogP contribution in [0.25, 0.3) is 10.8 Å². The van der Waals surface area contributed by atoms with Gasteiger partial charge in [-0.1, -0.05) is 45.9 Å². The summed E-state index contributed by atoms with van der Waals surface area (Å²) in [4.78, 5) is 39.2. The number of phenolic OH excluding ortho intramolecular Hbond substituents is 3. The summed E-state index contributed by atoms with van der Waals surface area (Å²) in [6, 6.07) is 1.06. The van der Waals surface area contributed by atoms with Crippen LogP contribution in [0.3, 0.4) is 0 Å². The zero-order valence-electron chi connectivity index (χ0n) is 29.7. The van der Waals surface area contributed by atoms with Crippen molar-refractivity contribution in [2.75, 3.05) is 12.4 Å². The largest absolute Gasteiger partial charge is 0.507 e. The number of methoxy groups -OCH3 is 1. The maximum Gasteiger partial charge on any atom is 0.312 e. The maximum absolute atomic E-state index is 13.9. The van der Waals surface area contributed by atoms with Gasteiger partial charge in [0.05, 0.1) is 41.2 Å². The monoisotopic (exact) mass is 697 g/mol. The molecule has 9 atom stereocenters. The second-order valence-electron chi connectivity index (χ2n) is 13.4. The molecule has 2 aromatic rings. The number of amides is 1. The van der Waals surface area contributed by atoms with E-state index in [-0.39, 0.29) is 38.9 Å². The molecule has 0 radical (unpaired) electrons. The Bertz CT molecular complexity index is 1760. The summed E-state index contributed by atoms with van der Waals surface area (Å²) < 4.78 is 23.2. The van der Waals surface area contributed by atoms with Gasteiger partial charge in [-0.2, -0.15) is 0 Å². The Labute approximate surface area is 290 Å². The molecule has 0 unspecified atom stereocenters. The number of aliphatic hydroxyl groups excluding tert-OH is 2. The summed E-state index contributed by atoms with van der Waals surface area (Å²) in [5.74, 6) is -7.99. The Morgan fingerprint density at radius 1 is 0.940 bits per heavy atom. The number of Topliss-reactive ketones (excluding diaryl/α,β-unsaturated/α-hetero) is 1. The smallest absolute Gasteiger partial charge is 0.312 e. The van der Waals surface area contributed by atoms with Crippen LogP contribution in [0, 0.1) is 30.6 Å². The highest BCUT2D eigenvalue weighted by atomic mass is 16.7. The fourth-order valence-corrected chi connectivity index (χ4v) is 6.65. The van der Waals surface area contributed by atoms with E-state index in [1.807, 2.05) is 0 Å². The van der Waals surface area contributed by atoms with Crippen molar-refractivity contribution in [2.45, 2.75) is 85.6 Å². The molecule has 3 aliphatic rings. The molecule has 13 heteroatoms. The summed E-state index contributed by atoms with van der Waals surface area (Å²) in [7, 11) is 1.43. The molecule has 0 spiro atoms. The number of carbonyl (C=O) groups is 3. The standard InChI is InChI=1S/C37H47NO12/c1-16-11-10-12-17(2)36(46)38-23-15-24(40)26-27(32(23)44)31(43)21(6)34-28(26)35(45)37(8,50-34)48-14-13-25(47-9)18(3)33(49-22(7)39)20(5)30(42)19(4)29(16)41/h10-16,18-20,25,29-30,33,40-44H,1-9H3,(H,38,46)/b11-10+,14-13+,17-12-/t16-,18-,19-,20-,25+,29+,30-,33-,37+/m1/s1. The molecule has 272 valence electrons. The lowest BCUT2D eigenvalue weighted by molar-refractivity contribution is -0.160. The molecule has 1 amide bonds. The topological polar surface area (TPSA) is 201 Å². The van der Waals surface area contributed by atoms with Gasteiger partial charge < -0.3 is 49.8 Å². The van der Waals surface area contributed by atoms with Gasteiger partial charge in [0.15, 0.2) is 5.75 Å². The molecule has 13 nitrogen and oxygen atoms in total. The molecule has 0 aliphatic carbocycles. The maximum atomic E-state index is 13.9. The lowest BCUT2D eigenvalue weighted by atomic mass is 9.78. The van der Waals surface area contributed by atoms with Crippen molar-refractivity contribution in [1.29, 1.82) is 0 Å². The molecule has 5 rings (SSSR count). The predicted molar refractivity (Wildman–Crippen MR) is 184 cm³/mol. The van der Waals surface area contributed by atoms with Crippen molar-refractivity contribution in [3.8, 4) is 23.0 Å². The third kappa shape index (κ3) is 7.03. The Balaban J connectivity index is 1.87. The van der Waals surface area contributed by atoms with Crippen molar-refractivity contribution in [3.05, 3.63) is 53.3 Å². The summed E-state index contributed by atoms with van der Waals surface area (Å²) in [6.07, 6.45) is 3.62. The fourth-order valence-electron chi connectivity index (χ4n) is 6.65. The molecule has 3 heterocycles. The first-order chi connectivity index (χ1) is 23.4. The normalized spacial score (nSPS) is 33.2. The van der Waals surface area contributed by atoms with Gasteiger partial charge in [-0.05, 0) is 19.9 Å². The Morgan fingerprint density at radius 3 is 2.22 bits per heavy atom. The number of allylic oxidation sites excluding steroid dienone is 2. The van der Waals surface area contributed by atoms with E-state index >= 15 is 0 Å². The van der Waals surface area contributed by atoms with Crippen LogP contribution < -0.4 is 10.1 Å². The average molecular weight is 698 g/mol. The third-order valence-corrected chi connectivity index (χ3v) is 9.84. The Morgan fingerprint density at radius 2 is 1.60 bits per heavy atom. The van der Waals surface area contributed by atoms with Gasteiger partial charge >= 0.3 is 11.8 Å². The van der Waals surface area contributed by atoms with Gasteiger partial charge in [0.1, 0.15) is 23.4 Å². The van der Waals surface area contributed by atoms with Crippen LogP contribution >= 0.6 is 0 Å². The highest BCUT2D eigenvalue weighted by Crippen LogP contribution is 2.53. The second kappa shape index (κ2) is 14.7. The van der Waals surface area contributed by atoms with Crippen LogP contribution in [0.1, 0.15) is 64.4 Å². The zero-order chi connectivity index (χ0) is 37.4. The molecular weight excluding hydrogens is 650 g/mol. The van der Waals surface area contributed by atoms with Gasteiger partial charge in [0.25, 0.3) is 11.7 Å². The zero-order valence-corrected chi connectivity index (χ0v) is 29.7. The number of aliphatic hydroxyl groups is 2. The van der Waals surface area contributed by atoms with E-state index in [9.17, 15) is 39.9 Å². The predicted octanol–water partition coefficient (Wildman–Crippen LogP) is 4.75. The minimum atomic E-state index is -1.98. The van der Waals surface area contributed by atoms with E-state index in [0.717, 1.165) is 6.07 Å². The quantitative estimate of drug-likeness (QED) is 0.143. The molecule has 0 aromatic heterocycles. The van der Waals surface area contributed by atoms with Gasteiger partial charge in [0.2, 0.25) is 0 Å². The van der Waals surface area contributed by atoms with Crippen LogP contribution in [-0.2, 0) is 23.8 Å². The van der Waals surface area contributed by atoms with Gasteiger partial charge in [-0.3, -0.25) is 14.4 Å². The first-order valence-electron chi connectivity index (χ1n) is 16.4. The lowest BCUT2D eigenvalue weighted by Gasteiger charge is -2.38. The van der Waals surface area contributed by atoms with Crippen LogP contribution in [0.4, 0.5) is 5.69 Å². The summed E-state index contributed by atoms with van der Waals surface area (Å²) >= 11 is 0. The van der Waals surface area contributed by atoms with E-state index in [4.69, 9.17) is 18.9 Å². The van der Waals surface area contributed by atoms with Crippen molar-refractivity contribution in [1.82, 2.24) is 0 Å². The van der Waals surface area contributed by atoms with Gasteiger partial charge in [-0.25, -0.2) is 0 Å². The number of phenols is 3. The molecule has 0 saturated heterocycles. The minimum Gasteiger partial charge on any atom is -0.507 e. The third-order valence-electron chi connectivity index (χ3n) is 9.84. The number of carbonyl (C=O) groups excluding carboxylic acids is 3. The molecule has 6 N–H and O–H groups in total. The molecule has 2 aromatic carbocycles. The number of anilines is 1. The molecule has 3 aliphatic heterocycles. The van der Waals surface area contributed by atoms with Crippen molar-refractivity contribution >= 4 is 34.1 Å². The van der Waals surface area contributed by atoms with Gasteiger partial charge in [0, 0.05) is 67.2 Å². The van der Waals surface area contributed by atoms with Crippen LogP contribution in [0.5, 0.6) is 23.0 Å². The summed E-state index contributed by atoms with van der Waals surface area (Å²) in [6.45, 7) is 12.5. The van der Waals surface area contributed by atoms with E-state index in [2.05, 4.69) is 5.32 Å². The van der Waals surface area contributed by atoms with Crippen molar-refractivity contribution < 1.29 is 58.9 Å². The van der Waals surface area contributed by atoms with E-state index in [0.29, 0.717) is 0 Å². The number of fused-ring (bicyclic) bond motifs is 14. The van der Waals surface area contributed by atoms with Crippen LogP contribution in [0.2, 0.25) is 0 Å². The average Bonchev–Trinajstić information content (AvgIpc) is 3.33. The number of nitrogens with one attached hydrogen (secondary N) is 1. The molecular formula is C37H47NO12. The number of ether oxygens (including phenoxy) is 4. The first-order valence-corrected chi connectivity index (χ1v) is 16.4. The summed E-state index contributed by atoms with van der Waals surface area (Å²) in [5.41, 5.74) is -0.0929. The number of hydrogen-bond acceptors (Lipinski definition) is 12. The van der Waals surface area contributed by atoms with E-state index in [1.165, 1.54) is 53.2 Å². The Hall–Kier alpha value is -4.59. The molecule has 0 saturated carbocycles. The number of esters is 1.